The zero-order valence-corrected chi connectivity index (χ0v) is 15.8. The molecule has 2 aromatic carbocycles. The van der Waals surface area contributed by atoms with Crippen LogP contribution in [0.15, 0.2) is 48.5 Å². The lowest BCUT2D eigenvalue weighted by Gasteiger charge is -2.30. The standard InChI is InChI=1S/C21H24N4O3/c1-15(26)22-13-16-8-10-18(11-9-16)21(28)24-23-20(27)14-25-12-4-6-17-5-2-3-7-19(17)25/h2-3,5,7-11H,4,6,12-14H2,1H3,(H,22,26)(H,23,27)(H,24,28). The lowest BCUT2D eigenvalue weighted by Crippen LogP contribution is -2.47. The first kappa shape index (κ1) is 19.4. The minimum Gasteiger partial charge on any atom is -0.362 e. The third-order valence-electron chi connectivity index (χ3n) is 4.61. The summed E-state index contributed by atoms with van der Waals surface area (Å²) in [5.74, 6) is -0.772. The fourth-order valence-corrected chi connectivity index (χ4v) is 3.19. The number of hydrogen-bond acceptors (Lipinski definition) is 4. The van der Waals surface area contributed by atoms with E-state index in [-0.39, 0.29) is 18.4 Å². The van der Waals surface area contributed by atoms with Crippen molar-refractivity contribution in [3.05, 3.63) is 65.2 Å². The number of carbonyl (C=O) groups excluding carboxylic acids is 3. The molecule has 2 aromatic rings. The minimum absolute atomic E-state index is 0.110. The zero-order chi connectivity index (χ0) is 19.9. The van der Waals surface area contributed by atoms with Crippen molar-refractivity contribution in [3.8, 4) is 0 Å². The van der Waals surface area contributed by atoms with Gasteiger partial charge in [0.25, 0.3) is 11.8 Å². The van der Waals surface area contributed by atoms with E-state index in [1.54, 1.807) is 24.3 Å². The molecule has 1 aliphatic rings. The van der Waals surface area contributed by atoms with Crippen LogP contribution >= 0.6 is 0 Å². The van der Waals surface area contributed by atoms with Crippen LogP contribution in [-0.2, 0) is 22.6 Å². The number of nitrogens with one attached hydrogen (secondary N) is 3. The van der Waals surface area contributed by atoms with Crippen molar-refractivity contribution in [2.75, 3.05) is 18.0 Å². The van der Waals surface area contributed by atoms with Gasteiger partial charge in [0.15, 0.2) is 0 Å². The molecule has 3 N–H and O–H groups in total. The van der Waals surface area contributed by atoms with E-state index in [4.69, 9.17) is 0 Å². The summed E-state index contributed by atoms with van der Waals surface area (Å²) in [5.41, 5.74) is 8.55. The summed E-state index contributed by atoms with van der Waals surface area (Å²) in [4.78, 5) is 37.4. The zero-order valence-electron chi connectivity index (χ0n) is 15.8. The highest BCUT2D eigenvalue weighted by Crippen LogP contribution is 2.26. The summed E-state index contributed by atoms with van der Waals surface area (Å²) in [6.07, 6.45) is 2.02. The molecule has 0 aromatic heterocycles. The van der Waals surface area contributed by atoms with Gasteiger partial charge in [-0.15, -0.1) is 0 Å². The second-order valence-corrected chi connectivity index (χ2v) is 6.76. The maximum Gasteiger partial charge on any atom is 0.269 e. The molecule has 0 fully saturated rings. The fourth-order valence-electron chi connectivity index (χ4n) is 3.19. The summed E-state index contributed by atoms with van der Waals surface area (Å²) >= 11 is 0. The molecule has 0 aliphatic carbocycles. The van der Waals surface area contributed by atoms with Crippen LogP contribution < -0.4 is 21.1 Å². The van der Waals surface area contributed by atoms with Gasteiger partial charge in [-0.3, -0.25) is 25.2 Å². The normalized spacial score (nSPS) is 12.7. The third kappa shape index (κ3) is 5.09. The highest BCUT2D eigenvalue weighted by molar-refractivity contribution is 5.95. The smallest absolute Gasteiger partial charge is 0.269 e. The molecular formula is C21H24N4O3. The molecule has 0 atom stereocenters. The molecule has 146 valence electrons. The lowest BCUT2D eigenvalue weighted by atomic mass is 10.0. The summed E-state index contributed by atoms with van der Waals surface area (Å²) in [6, 6.07) is 14.9. The van der Waals surface area contributed by atoms with Gasteiger partial charge in [0, 0.05) is 31.3 Å². The molecule has 1 aliphatic heterocycles. The molecule has 3 amide bonds. The van der Waals surface area contributed by atoms with Gasteiger partial charge >= 0.3 is 0 Å². The summed E-state index contributed by atoms with van der Waals surface area (Å²) in [6.45, 7) is 2.86. The van der Waals surface area contributed by atoms with Crippen molar-refractivity contribution in [2.45, 2.75) is 26.3 Å². The van der Waals surface area contributed by atoms with E-state index < -0.39 is 5.91 Å². The monoisotopic (exact) mass is 380 g/mol. The summed E-state index contributed by atoms with van der Waals surface area (Å²) in [7, 11) is 0. The first-order chi connectivity index (χ1) is 13.5. The van der Waals surface area contributed by atoms with Gasteiger partial charge in [0.2, 0.25) is 5.91 Å². The van der Waals surface area contributed by atoms with Crippen molar-refractivity contribution >= 4 is 23.4 Å². The second-order valence-electron chi connectivity index (χ2n) is 6.76. The fraction of sp³-hybridized carbons (Fsp3) is 0.286. The molecule has 0 saturated carbocycles. The van der Waals surface area contributed by atoms with Crippen LogP contribution in [0.25, 0.3) is 0 Å². The Balaban J connectivity index is 1.49. The topological polar surface area (TPSA) is 90.5 Å². The second kappa shape index (κ2) is 9.03. The van der Waals surface area contributed by atoms with Gasteiger partial charge in [0.05, 0.1) is 6.54 Å². The minimum atomic E-state index is -0.390. The molecule has 0 bridgehead atoms. The van der Waals surface area contributed by atoms with E-state index in [1.165, 1.54) is 12.5 Å². The Morgan fingerprint density at radius 2 is 1.75 bits per heavy atom. The summed E-state index contributed by atoms with van der Waals surface area (Å²) in [5, 5.41) is 2.70. The molecule has 7 nitrogen and oxygen atoms in total. The van der Waals surface area contributed by atoms with E-state index in [0.717, 1.165) is 30.6 Å². The van der Waals surface area contributed by atoms with Crippen LogP contribution in [-0.4, -0.2) is 30.8 Å². The highest BCUT2D eigenvalue weighted by atomic mass is 16.2. The number of amides is 3. The van der Waals surface area contributed by atoms with Crippen molar-refractivity contribution < 1.29 is 14.4 Å². The lowest BCUT2D eigenvalue weighted by molar-refractivity contribution is -0.120. The molecule has 0 unspecified atom stereocenters. The first-order valence-corrected chi connectivity index (χ1v) is 9.28. The van der Waals surface area contributed by atoms with Gasteiger partial charge in [-0.2, -0.15) is 0 Å². The predicted molar refractivity (Wildman–Crippen MR) is 107 cm³/mol. The van der Waals surface area contributed by atoms with Gasteiger partial charge in [-0.1, -0.05) is 30.3 Å². The molecule has 1 heterocycles. The van der Waals surface area contributed by atoms with Crippen molar-refractivity contribution in [1.29, 1.82) is 0 Å². The molecule has 0 radical (unpaired) electrons. The van der Waals surface area contributed by atoms with Crippen molar-refractivity contribution in [2.24, 2.45) is 0 Å². The number of hydrogen-bond donors (Lipinski definition) is 3. The van der Waals surface area contributed by atoms with Gasteiger partial charge in [-0.25, -0.2) is 0 Å². The number of benzene rings is 2. The Morgan fingerprint density at radius 3 is 2.50 bits per heavy atom. The largest absolute Gasteiger partial charge is 0.362 e. The third-order valence-corrected chi connectivity index (χ3v) is 4.61. The number of fused-ring (bicyclic) bond motifs is 1. The van der Waals surface area contributed by atoms with Crippen LogP contribution in [0.4, 0.5) is 5.69 Å². The number of aryl methyl sites for hydroxylation is 1. The molecular weight excluding hydrogens is 356 g/mol. The number of carbonyl (C=O) groups is 3. The number of hydrazine groups is 1. The number of anilines is 1. The Bertz CT molecular complexity index is 864. The predicted octanol–water partition coefficient (Wildman–Crippen LogP) is 1.54. The maximum atomic E-state index is 12.3. The van der Waals surface area contributed by atoms with E-state index in [9.17, 15) is 14.4 Å². The van der Waals surface area contributed by atoms with Crippen LogP contribution in [0.2, 0.25) is 0 Å². The molecule has 3 rings (SSSR count). The number of para-hydroxylation sites is 1. The Morgan fingerprint density at radius 1 is 1.00 bits per heavy atom. The van der Waals surface area contributed by atoms with Crippen molar-refractivity contribution in [3.63, 3.8) is 0 Å². The first-order valence-electron chi connectivity index (χ1n) is 9.28. The van der Waals surface area contributed by atoms with Crippen molar-refractivity contribution in [1.82, 2.24) is 16.2 Å². The van der Waals surface area contributed by atoms with E-state index >= 15 is 0 Å². The van der Waals surface area contributed by atoms with Crippen LogP contribution in [0.3, 0.4) is 0 Å². The average Bonchev–Trinajstić information content (AvgIpc) is 2.71. The van der Waals surface area contributed by atoms with Gasteiger partial charge < -0.3 is 10.2 Å². The van der Waals surface area contributed by atoms with E-state index in [0.29, 0.717) is 12.1 Å². The van der Waals surface area contributed by atoms with Crippen LogP contribution in [0, 0.1) is 0 Å². The number of nitrogens with zero attached hydrogens (tertiary/aromatic N) is 1. The summed E-state index contributed by atoms with van der Waals surface area (Å²) < 4.78 is 0. The molecule has 7 heteroatoms. The van der Waals surface area contributed by atoms with E-state index in [2.05, 4.69) is 22.2 Å². The van der Waals surface area contributed by atoms with Gasteiger partial charge in [-0.05, 0) is 42.2 Å². The average molecular weight is 380 g/mol. The quantitative estimate of drug-likeness (QED) is 0.687. The Labute approximate surface area is 164 Å². The number of rotatable bonds is 5. The highest BCUT2D eigenvalue weighted by Gasteiger charge is 2.18. The van der Waals surface area contributed by atoms with E-state index in [1.807, 2.05) is 23.1 Å². The van der Waals surface area contributed by atoms with Crippen LogP contribution in [0.5, 0.6) is 0 Å². The molecule has 0 spiro atoms. The van der Waals surface area contributed by atoms with Gasteiger partial charge in [0.1, 0.15) is 0 Å². The molecule has 0 saturated heterocycles. The molecule has 28 heavy (non-hydrogen) atoms. The SMILES string of the molecule is CC(=O)NCc1ccc(C(=O)NNC(=O)CN2CCCc3ccccc32)cc1. The Hall–Kier alpha value is -3.35. The van der Waals surface area contributed by atoms with Crippen LogP contribution in [0.1, 0.15) is 34.8 Å². The maximum absolute atomic E-state index is 12.3. The Kier molecular flexibility index (Phi) is 6.26.